The zero-order chi connectivity index (χ0) is 23.0. The van der Waals surface area contributed by atoms with Gasteiger partial charge in [0, 0.05) is 29.7 Å². The maximum atomic E-state index is 12.3. The van der Waals surface area contributed by atoms with Gasteiger partial charge < -0.3 is 25.6 Å². The van der Waals surface area contributed by atoms with Gasteiger partial charge in [-0.25, -0.2) is 9.59 Å². The number of alkyl carbamates (subject to hydrolysis) is 1. The Labute approximate surface area is 182 Å². The van der Waals surface area contributed by atoms with Gasteiger partial charge in [-0.2, -0.15) is 0 Å². The number of hydrogen-bond donors (Lipinski definition) is 4. The highest BCUT2D eigenvalue weighted by molar-refractivity contribution is 5.87. The number of anilines is 2. The molecule has 0 fully saturated rings. The van der Waals surface area contributed by atoms with Gasteiger partial charge in [0.1, 0.15) is 5.60 Å². The Morgan fingerprint density at radius 3 is 2.55 bits per heavy atom. The topological polar surface area (TPSA) is 136 Å². The second kappa shape index (κ2) is 10.6. The third-order valence-corrected chi connectivity index (χ3v) is 4.27. The number of carbonyl (C=O) groups is 2. The number of hydrogen-bond acceptors (Lipinski definition) is 7. The zero-order valence-corrected chi connectivity index (χ0v) is 18.3. The molecule has 1 aromatic heterocycles. The summed E-state index contributed by atoms with van der Waals surface area (Å²) < 4.78 is 9.94. The molecule has 5 N–H and O–H groups in total. The Morgan fingerprint density at radius 1 is 1.19 bits per heavy atom. The molecule has 1 heterocycles. The van der Waals surface area contributed by atoms with Crippen molar-refractivity contribution in [2.24, 2.45) is 0 Å². The molecule has 0 aliphatic carbocycles. The van der Waals surface area contributed by atoms with E-state index >= 15 is 0 Å². The number of aliphatic hydroxyl groups is 1. The number of rotatable bonds is 7. The summed E-state index contributed by atoms with van der Waals surface area (Å²) in [7, 11) is 1.28. The fourth-order valence-electron chi connectivity index (χ4n) is 2.92. The molecule has 0 aliphatic rings. The molecule has 168 valence electrons. The standard InChI is InChI=1S/C22H30N4O5/c1-22(2,3)31-21(29)26-18(6-5-11-27)19-12-14(9-10-24-19)16-8-7-15(13-17(16)23)25-20(28)30-4/h7-10,12-13,18,27H,5-6,11,23H2,1-4H3,(H,25,28)(H,26,29)/t18-/m0/s1. The summed E-state index contributed by atoms with van der Waals surface area (Å²) in [6.07, 6.45) is 1.47. The minimum absolute atomic E-state index is 0.00616. The Bertz CT molecular complexity index is 911. The summed E-state index contributed by atoms with van der Waals surface area (Å²) in [5.74, 6) is 0. The molecule has 9 nitrogen and oxygen atoms in total. The van der Waals surface area contributed by atoms with Gasteiger partial charge in [-0.1, -0.05) is 6.07 Å². The van der Waals surface area contributed by atoms with Crippen molar-refractivity contribution in [1.29, 1.82) is 0 Å². The van der Waals surface area contributed by atoms with E-state index in [4.69, 9.17) is 10.5 Å². The van der Waals surface area contributed by atoms with E-state index in [0.29, 0.717) is 29.9 Å². The van der Waals surface area contributed by atoms with Gasteiger partial charge >= 0.3 is 12.2 Å². The molecule has 0 saturated carbocycles. The number of ether oxygens (including phenoxy) is 2. The van der Waals surface area contributed by atoms with Crippen molar-refractivity contribution >= 4 is 23.6 Å². The third kappa shape index (κ3) is 7.45. The maximum absolute atomic E-state index is 12.3. The number of pyridine rings is 1. The van der Waals surface area contributed by atoms with Crippen LogP contribution in [0.15, 0.2) is 36.5 Å². The van der Waals surface area contributed by atoms with Crippen molar-refractivity contribution < 1.29 is 24.2 Å². The van der Waals surface area contributed by atoms with E-state index in [1.54, 1.807) is 51.2 Å². The quantitative estimate of drug-likeness (QED) is 0.490. The van der Waals surface area contributed by atoms with Gasteiger partial charge in [0.2, 0.25) is 0 Å². The Hall–Kier alpha value is -3.33. The molecule has 0 saturated heterocycles. The van der Waals surface area contributed by atoms with E-state index < -0.39 is 23.8 Å². The lowest BCUT2D eigenvalue weighted by Crippen LogP contribution is -2.35. The van der Waals surface area contributed by atoms with Crippen molar-refractivity contribution in [2.45, 2.75) is 45.3 Å². The van der Waals surface area contributed by atoms with Crippen molar-refractivity contribution in [1.82, 2.24) is 10.3 Å². The lowest BCUT2D eigenvalue weighted by Gasteiger charge is -2.23. The number of benzene rings is 1. The van der Waals surface area contributed by atoms with Crippen LogP contribution in [-0.4, -0.2) is 41.6 Å². The average molecular weight is 431 g/mol. The number of nitrogens with one attached hydrogen (secondary N) is 2. The average Bonchev–Trinajstić information content (AvgIpc) is 2.69. The summed E-state index contributed by atoms with van der Waals surface area (Å²) in [6.45, 7) is 5.36. The fraction of sp³-hybridized carbons (Fsp3) is 0.409. The highest BCUT2D eigenvalue weighted by Crippen LogP contribution is 2.30. The number of amides is 2. The molecule has 2 rings (SSSR count). The number of nitrogens with two attached hydrogens (primary N) is 1. The van der Waals surface area contributed by atoms with E-state index in [1.807, 2.05) is 6.07 Å². The van der Waals surface area contributed by atoms with Crippen LogP contribution in [0.1, 0.15) is 45.3 Å². The molecule has 2 aromatic rings. The summed E-state index contributed by atoms with van der Waals surface area (Å²) in [5, 5.41) is 14.6. The Morgan fingerprint density at radius 2 is 1.94 bits per heavy atom. The molecule has 2 amide bonds. The van der Waals surface area contributed by atoms with Crippen LogP contribution >= 0.6 is 0 Å². The van der Waals surface area contributed by atoms with E-state index in [-0.39, 0.29) is 6.61 Å². The Balaban J connectivity index is 2.28. The summed E-state index contributed by atoms with van der Waals surface area (Å²) in [4.78, 5) is 28.1. The first-order valence-electron chi connectivity index (χ1n) is 9.94. The summed E-state index contributed by atoms with van der Waals surface area (Å²) >= 11 is 0. The first-order chi connectivity index (χ1) is 14.6. The molecule has 31 heavy (non-hydrogen) atoms. The van der Waals surface area contributed by atoms with Crippen molar-refractivity contribution in [2.75, 3.05) is 24.8 Å². The van der Waals surface area contributed by atoms with Crippen molar-refractivity contribution in [3.05, 3.63) is 42.2 Å². The van der Waals surface area contributed by atoms with Gasteiger partial charge in [0.25, 0.3) is 0 Å². The SMILES string of the molecule is COC(=O)Nc1ccc(-c2ccnc([C@H](CCCO)NC(=O)OC(C)(C)C)c2)c(N)c1. The lowest BCUT2D eigenvalue weighted by molar-refractivity contribution is 0.0497. The molecule has 9 heteroatoms. The highest BCUT2D eigenvalue weighted by Gasteiger charge is 2.21. The minimum atomic E-state index is -0.630. The van der Waals surface area contributed by atoms with Gasteiger partial charge in [-0.3, -0.25) is 10.3 Å². The van der Waals surface area contributed by atoms with E-state index in [0.717, 1.165) is 11.1 Å². The molecule has 0 spiro atoms. The normalized spacial score (nSPS) is 12.0. The molecular weight excluding hydrogens is 400 g/mol. The third-order valence-electron chi connectivity index (χ3n) is 4.27. The smallest absolute Gasteiger partial charge is 0.411 e. The van der Waals surface area contributed by atoms with Crippen LogP contribution in [-0.2, 0) is 9.47 Å². The second-order valence-electron chi connectivity index (χ2n) is 7.95. The molecule has 0 bridgehead atoms. The van der Waals surface area contributed by atoms with Crippen LogP contribution in [0.3, 0.4) is 0 Å². The van der Waals surface area contributed by atoms with Crippen molar-refractivity contribution in [3.8, 4) is 11.1 Å². The monoisotopic (exact) mass is 430 g/mol. The van der Waals surface area contributed by atoms with Crippen LogP contribution in [0, 0.1) is 0 Å². The lowest BCUT2D eigenvalue weighted by atomic mass is 10.0. The number of nitrogens with zero attached hydrogens (tertiary/aromatic N) is 1. The number of methoxy groups -OCH3 is 1. The van der Waals surface area contributed by atoms with E-state index in [2.05, 4.69) is 20.4 Å². The zero-order valence-electron chi connectivity index (χ0n) is 18.3. The van der Waals surface area contributed by atoms with E-state index in [9.17, 15) is 14.7 Å². The molecule has 0 aliphatic heterocycles. The van der Waals surface area contributed by atoms with Crippen molar-refractivity contribution in [3.63, 3.8) is 0 Å². The van der Waals surface area contributed by atoms with Crippen LogP contribution in [0.2, 0.25) is 0 Å². The summed E-state index contributed by atoms with van der Waals surface area (Å²) in [5.41, 5.74) is 8.69. The number of nitrogen functional groups attached to an aromatic ring is 1. The van der Waals surface area contributed by atoms with Gasteiger partial charge in [0.15, 0.2) is 0 Å². The summed E-state index contributed by atoms with van der Waals surface area (Å²) in [6, 6.07) is 8.32. The first-order valence-corrected chi connectivity index (χ1v) is 9.94. The molecule has 1 aromatic carbocycles. The van der Waals surface area contributed by atoms with Gasteiger partial charge in [0.05, 0.1) is 18.8 Å². The van der Waals surface area contributed by atoms with Crippen LogP contribution < -0.4 is 16.4 Å². The van der Waals surface area contributed by atoms with Crippen LogP contribution in [0.4, 0.5) is 21.0 Å². The van der Waals surface area contributed by atoms with E-state index in [1.165, 1.54) is 7.11 Å². The molecular formula is C22H30N4O5. The number of carbonyl (C=O) groups excluding carboxylic acids is 2. The Kier molecular flexibility index (Phi) is 8.21. The van der Waals surface area contributed by atoms with Gasteiger partial charge in [-0.05, 0) is 63.4 Å². The molecule has 0 unspecified atom stereocenters. The maximum Gasteiger partial charge on any atom is 0.411 e. The molecule has 1 atom stereocenters. The predicted octanol–water partition coefficient (Wildman–Crippen LogP) is 3.85. The number of aromatic nitrogens is 1. The first kappa shape index (κ1) is 23.9. The van der Waals surface area contributed by atoms with Gasteiger partial charge in [-0.15, -0.1) is 0 Å². The highest BCUT2D eigenvalue weighted by atomic mass is 16.6. The fourth-order valence-corrected chi connectivity index (χ4v) is 2.92. The number of aliphatic hydroxyl groups excluding tert-OH is 1. The largest absolute Gasteiger partial charge is 0.453 e. The van der Waals surface area contributed by atoms with Crippen LogP contribution in [0.25, 0.3) is 11.1 Å². The minimum Gasteiger partial charge on any atom is -0.453 e. The molecule has 0 radical (unpaired) electrons. The van der Waals surface area contributed by atoms with Crippen LogP contribution in [0.5, 0.6) is 0 Å². The predicted molar refractivity (Wildman–Crippen MR) is 119 cm³/mol. The second-order valence-corrected chi connectivity index (χ2v) is 7.95.